The van der Waals surface area contributed by atoms with Crippen molar-refractivity contribution in [3.63, 3.8) is 0 Å². The number of hydrogen-bond donors (Lipinski definition) is 0. The van der Waals surface area contributed by atoms with Gasteiger partial charge >= 0.3 is 0 Å². The van der Waals surface area contributed by atoms with Gasteiger partial charge in [0, 0.05) is 57.7 Å². The van der Waals surface area contributed by atoms with E-state index >= 15 is 0 Å². The monoisotopic (exact) mass is 468 g/mol. The van der Waals surface area contributed by atoms with Gasteiger partial charge in [0.1, 0.15) is 12.0 Å². The van der Waals surface area contributed by atoms with E-state index in [0.29, 0.717) is 13.0 Å². The van der Waals surface area contributed by atoms with E-state index in [1.807, 2.05) is 30.3 Å². The molecule has 0 N–H and O–H groups in total. The summed E-state index contributed by atoms with van der Waals surface area (Å²) >= 11 is 0. The Balaban J connectivity index is 0.00000240. The molecule has 5 nitrogen and oxygen atoms in total. The summed E-state index contributed by atoms with van der Waals surface area (Å²) in [6.45, 7) is 7.44. The highest BCUT2D eigenvalue weighted by Crippen LogP contribution is 2.15. The van der Waals surface area contributed by atoms with E-state index in [2.05, 4.69) is 41.0 Å². The summed E-state index contributed by atoms with van der Waals surface area (Å²) in [7, 11) is 1.63. The number of ketones is 1. The van der Waals surface area contributed by atoms with Gasteiger partial charge in [0.15, 0.2) is 5.78 Å². The number of rotatable bonds is 10. The van der Waals surface area contributed by atoms with Crippen molar-refractivity contribution in [2.75, 3.05) is 46.4 Å². The maximum Gasteiger partial charge on any atom is 0.164 e. The summed E-state index contributed by atoms with van der Waals surface area (Å²) in [5.74, 6) is 0.961. The van der Waals surface area contributed by atoms with Gasteiger partial charge in [0.2, 0.25) is 0 Å². The Morgan fingerprint density at radius 3 is 2.19 bits per heavy atom. The SMILES string of the molecule is CCOC(Cc1ccccc1)N1CCN(CCC(=O)c2ccc(OC)cc2)CC1.Cl.Cl. The minimum atomic E-state index is 0. The van der Waals surface area contributed by atoms with Crippen LogP contribution in [0.2, 0.25) is 0 Å². The zero-order chi connectivity index (χ0) is 20.5. The molecule has 1 unspecified atom stereocenters. The van der Waals surface area contributed by atoms with E-state index in [0.717, 1.165) is 50.5 Å². The largest absolute Gasteiger partial charge is 0.497 e. The van der Waals surface area contributed by atoms with Gasteiger partial charge in [-0.3, -0.25) is 9.69 Å². The van der Waals surface area contributed by atoms with Crippen LogP contribution in [0.25, 0.3) is 0 Å². The third-order valence-electron chi connectivity index (χ3n) is 5.49. The summed E-state index contributed by atoms with van der Waals surface area (Å²) in [4.78, 5) is 17.3. The van der Waals surface area contributed by atoms with Gasteiger partial charge in [0.25, 0.3) is 0 Å². The lowest BCUT2D eigenvalue weighted by atomic mass is 10.1. The minimum absolute atomic E-state index is 0. The smallest absolute Gasteiger partial charge is 0.164 e. The van der Waals surface area contributed by atoms with E-state index in [-0.39, 0.29) is 36.8 Å². The highest BCUT2D eigenvalue weighted by molar-refractivity contribution is 5.96. The second kappa shape index (κ2) is 14.4. The molecule has 31 heavy (non-hydrogen) atoms. The zero-order valence-electron chi connectivity index (χ0n) is 18.4. The molecule has 0 aromatic heterocycles. The average Bonchev–Trinajstić information content (AvgIpc) is 2.78. The first-order valence-electron chi connectivity index (χ1n) is 10.5. The number of benzene rings is 2. The van der Waals surface area contributed by atoms with Crippen LogP contribution < -0.4 is 4.74 Å². The third kappa shape index (κ3) is 8.43. The number of hydrogen-bond acceptors (Lipinski definition) is 5. The minimum Gasteiger partial charge on any atom is -0.497 e. The summed E-state index contributed by atoms with van der Waals surface area (Å²) in [6.07, 6.45) is 1.57. The lowest BCUT2D eigenvalue weighted by Gasteiger charge is -2.39. The van der Waals surface area contributed by atoms with Crippen molar-refractivity contribution in [3.8, 4) is 5.75 Å². The van der Waals surface area contributed by atoms with E-state index in [1.54, 1.807) is 7.11 Å². The van der Waals surface area contributed by atoms with Crippen molar-refractivity contribution in [1.82, 2.24) is 9.80 Å². The molecular formula is C24H34Cl2N2O3. The fourth-order valence-corrected chi connectivity index (χ4v) is 3.76. The number of halogens is 2. The number of methoxy groups -OCH3 is 1. The predicted molar refractivity (Wildman–Crippen MR) is 130 cm³/mol. The number of carbonyl (C=O) groups is 1. The lowest BCUT2D eigenvalue weighted by molar-refractivity contribution is -0.0711. The Bertz CT molecular complexity index is 751. The number of carbonyl (C=O) groups excluding carboxylic acids is 1. The molecule has 0 spiro atoms. The van der Waals surface area contributed by atoms with Gasteiger partial charge in [-0.2, -0.15) is 0 Å². The van der Waals surface area contributed by atoms with Crippen molar-refractivity contribution in [3.05, 3.63) is 65.7 Å². The van der Waals surface area contributed by atoms with Crippen LogP contribution in [-0.2, 0) is 11.2 Å². The van der Waals surface area contributed by atoms with E-state index < -0.39 is 0 Å². The van der Waals surface area contributed by atoms with Crippen molar-refractivity contribution >= 4 is 30.6 Å². The molecular weight excluding hydrogens is 435 g/mol. The lowest BCUT2D eigenvalue weighted by Crippen LogP contribution is -2.52. The summed E-state index contributed by atoms with van der Waals surface area (Å²) < 4.78 is 11.2. The number of nitrogens with zero attached hydrogens (tertiary/aromatic N) is 2. The first-order valence-corrected chi connectivity index (χ1v) is 10.5. The number of Topliss-reactive ketones (excluding diaryl/α,β-unsaturated/α-hetero) is 1. The van der Waals surface area contributed by atoms with Crippen LogP contribution in [0.15, 0.2) is 54.6 Å². The number of piperazine rings is 1. The quantitative estimate of drug-likeness (QED) is 0.485. The van der Waals surface area contributed by atoms with Gasteiger partial charge in [-0.05, 0) is 36.8 Å². The molecule has 1 fully saturated rings. The Morgan fingerprint density at radius 1 is 0.968 bits per heavy atom. The fraction of sp³-hybridized carbons (Fsp3) is 0.458. The van der Waals surface area contributed by atoms with E-state index in [9.17, 15) is 4.79 Å². The van der Waals surface area contributed by atoms with Crippen LogP contribution in [0.5, 0.6) is 5.75 Å². The average molecular weight is 469 g/mol. The van der Waals surface area contributed by atoms with Crippen LogP contribution in [0.1, 0.15) is 29.3 Å². The zero-order valence-corrected chi connectivity index (χ0v) is 20.0. The molecule has 1 aliphatic rings. The molecule has 0 amide bonds. The first-order chi connectivity index (χ1) is 14.2. The van der Waals surface area contributed by atoms with E-state index in [4.69, 9.17) is 9.47 Å². The summed E-state index contributed by atoms with van der Waals surface area (Å²) in [5.41, 5.74) is 2.06. The van der Waals surface area contributed by atoms with Crippen molar-refractivity contribution in [2.24, 2.45) is 0 Å². The van der Waals surface area contributed by atoms with Gasteiger partial charge in [-0.15, -0.1) is 24.8 Å². The molecule has 0 aliphatic carbocycles. The predicted octanol–water partition coefficient (Wildman–Crippen LogP) is 4.33. The Labute approximate surface area is 198 Å². The van der Waals surface area contributed by atoms with Crippen LogP contribution in [-0.4, -0.2) is 68.3 Å². The van der Waals surface area contributed by atoms with Gasteiger partial charge in [-0.1, -0.05) is 30.3 Å². The first kappa shape index (κ1) is 27.4. The third-order valence-corrected chi connectivity index (χ3v) is 5.49. The second-order valence-corrected chi connectivity index (χ2v) is 7.38. The van der Waals surface area contributed by atoms with Gasteiger partial charge < -0.3 is 14.4 Å². The number of ether oxygens (including phenoxy) is 2. The maximum atomic E-state index is 12.4. The van der Waals surface area contributed by atoms with Crippen molar-refractivity contribution in [2.45, 2.75) is 26.0 Å². The van der Waals surface area contributed by atoms with Crippen molar-refractivity contribution in [1.29, 1.82) is 0 Å². The van der Waals surface area contributed by atoms with Crippen LogP contribution in [0.4, 0.5) is 0 Å². The molecule has 3 rings (SSSR count). The fourth-order valence-electron chi connectivity index (χ4n) is 3.76. The Hall–Kier alpha value is -1.63. The Kier molecular flexibility index (Phi) is 12.8. The molecule has 172 valence electrons. The van der Waals surface area contributed by atoms with Crippen LogP contribution in [0, 0.1) is 0 Å². The molecule has 0 saturated carbocycles. The molecule has 7 heteroatoms. The van der Waals surface area contributed by atoms with Gasteiger partial charge in [0.05, 0.1) is 7.11 Å². The topological polar surface area (TPSA) is 42.0 Å². The van der Waals surface area contributed by atoms with Crippen LogP contribution in [0.3, 0.4) is 0 Å². The molecule has 2 aromatic rings. The maximum absolute atomic E-state index is 12.4. The summed E-state index contributed by atoms with van der Waals surface area (Å²) in [6, 6.07) is 17.9. The van der Waals surface area contributed by atoms with Crippen LogP contribution >= 0.6 is 24.8 Å². The standard InChI is InChI=1S/C24H32N2O3.2ClH/c1-3-29-24(19-20-7-5-4-6-8-20)26-17-15-25(16-18-26)14-13-23(27)21-9-11-22(28-2)12-10-21;;/h4-12,24H,3,13-19H2,1-2H3;2*1H. The molecule has 0 radical (unpaired) electrons. The second-order valence-electron chi connectivity index (χ2n) is 7.38. The molecule has 1 saturated heterocycles. The molecule has 0 bridgehead atoms. The molecule has 1 atom stereocenters. The van der Waals surface area contributed by atoms with Crippen molar-refractivity contribution < 1.29 is 14.3 Å². The molecule has 1 aliphatic heterocycles. The molecule has 1 heterocycles. The highest BCUT2D eigenvalue weighted by atomic mass is 35.5. The molecule has 2 aromatic carbocycles. The Morgan fingerprint density at radius 2 is 1.61 bits per heavy atom. The summed E-state index contributed by atoms with van der Waals surface area (Å²) in [5, 5.41) is 0. The van der Waals surface area contributed by atoms with E-state index in [1.165, 1.54) is 5.56 Å². The normalized spacial score (nSPS) is 15.4. The highest BCUT2D eigenvalue weighted by Gasteiger charge is 2.24. The van der Waals surface area contributed by atoms with Gasteiger partial charge in [-0.25, -0.2) is 0 Å².